The number of nitrogens with one attached hydrogen (secondary N) is 2. The van der Waals surface area contributed by atoms with Gasteiger partial charge in [-0.3, -0.25) is 10.6 Å². The van der Waals surface area contributed by atoms with Crippen LogP contribution in [0.15, 0.2) is 30.5 Å². The first-order chi connectivity index (χ1) is 9.52. The summed E-state index contributed by atoms with van der Waals surface area (Å²) in [5, 5.41) is 2.17. The van der Waals surface area contributed by atoms with Crippen LogP contribution in [0.1, 0.15) is 16.1 Å². The third kappa shape index (κ3) is 2.72. The van der Waals surface area contributed by atoms with Crippen molar-refractivity contribution in [2.45, 2.75) is 6.92 Å². The lowest BCUT2D eigenvalue weighted by molar-refractivity contribution is 0.102. The topological polar surface area (TPSA) is 80.0 Å². The van der Waals surface area contributed by atoms with Gasteiger partial charge in [-0.15, -0.1) is 0 Å². The van der Waals surface area contributed by atoms with E-state index in [1.807, 2.05) is 0 Å². The molecule has 0 saturated carbocycles. The molecule has 20 heavy (non-hydrogen) atoms. The molecule has 104 valence electrons. The normalized spacial score (nSPS) is 10.2. The molecule has 0 atom stereocenters. The van der Waals surface area contributed by atoms with Crippen LogP contribution in [0.3, 0.4) is 0 Å². The minimum atomic E-state index is -0.846. The van der Waals surface area contributed by atoms with Crippen molar-refractivity contribution >= 4 is 17.3 Å². The van der Waals surface area contributed by atoms with Crippen LogP contribution in [0.25, 0.3) is 0 Å². The molecule has 1 amide bonds. The number of benzene rings is 1. The molecule has 0 saturated heterocycles. The highest BCUT2D eigenvalue weighted by Crippen LogP contribution is 2.22. The van der Waals surface area contributed by atoms with Crippen LogP contribution in [-0.2, 0) is 0 Å². The number of carbonyl (C=O) groups is 1. The van der Waals surface area contributed by atoms with Crippen molar-refractivity contribution < 1.29 is 13.6 Å². The lowest BCUT2D eigenvalue weighted by Gasteiger charge is -2.09. The monoisotopic (exact) mass is 278 g/mol. The van der Waals surface area contributed by atoms with Gasteiger partial charge in [0.05, 0.1) is 11.9 Å². The van der Waals surface area contributed by atoms with Crippen LogP contribution >= 0.6 is 0 Å². The Hall–Kier alpha value is -2.54. The van der Waals surface area contributed by atoms with Crippen LogP contribution in [0.2, 0.25) is 0 Å². The Morgan fingerprint density at radius 1 is 1.25 bits per heavy atom. The summed E-state index contributed by atoms with van der Waals surface area (Å²) in [5.41, 5.74) is 2.63. The lowest BCUT2D eigenvalue weighted by Crippen LogP contribution is -2.16. The van der Waals surface area contributed by atoms with Gasteiger partial charge in [-0.1, -0.05) is 6.07 Å². The van der Waals surface area contributed by atoms with E-state index >= 15 is 0 Å². The van der Waals surface area contributed by atoms with Crippen LogP contribution in [0.4, 0.5) is 20.2 Å². The molecule has 1 aromatic carbocycles. The number of hydrazine groups is 1. The Labute approximate surface area is 113 Å². The van der Waals surface area contributed by atoms with Gasteiger partial charge in [-0.25, -0.2) is 13.8 Å². The van der Waals surface area contributed by atoms with Gasteiger partial charge >= 0.3 is 0 Å². The minimum absolute atomic E-state index is 0.0179. The van der Waals surface area contributed by atoms with E-state index < -0.39 is 23.2 Å². The molecular weight excluding hydrogens is 266 g/mol. The molecule has 0 fully saturated rings. The van der Waals surface area contributed by atoms with Crippen LogP contribution in [0, 0.1) is 18.6 Å². The number of amides is 1. The Bertz CT molecular complexity index is 644. The first kappa shape index (κ1) is 13.9. The Morgan fingerprint density at radius 3 is 2.60 bits per heavy atom. The number of nitrogen functional groups attached to an aromatic ring is 1. The molecule has 0 aliphatic carbocycles. The summed E-state index contributed by atoms with van der Waals surface area (Å²) in [6, 6.07) is 5.28. The number of nitrogens with zero attached hydrogens (tertiary/aromatic N) is 1. The molecule has 2 aromatic rings. The molecule has 0 aliphatic rings. The number of hydrogen-bond acceptors (Lipinski definition) is 4. The van der Waals surface area contributed by atoms with Crippen molar-refractivity contribution in [3.63, 3.8) is 0 Å². The largest absolute Gasteiger partial charge is 0.323 e. The van der Waals surface area contributed by atoms with Crippen molar-refractivity contribution in [3.05, 3.63) is 53.4 Å². The Balaban J connectivity index is 2.25. The number of nitrogens with two attached hydrogens (primary N) is 1. The second-order valence-electron chi connectivity index (χ2n) is 4.08. The van der Waals surface area contributed by atoms with Crippen LogP contribution < -0.4 is 16.6 Å². The van der Waals surface area contributed by atoms with Crippen molar-refractivity contribution in [2.75, 3.05) is 10.7 Å². The number of aromatic nitrogens is 1. The zero-order chi connectivity index (χ0) is 14.7. The van der Waals surface area contributed by atoms with E-state index in [4.69, 9.17) is 5.84 Å². The van der Waals surface area contributed by atoms with Gasteiger partial charge < -0.3 is 10.7 Å². The van der Waals surface area contributed by atoms with Gasteiger partial charge in [0.25, 0.3) is 5.91 Å². The van der Waals surface area contributed by atoms with E-state index in [9.17, 15) is 13.6 Å². The lowest BCUT2D eigenvalue weighted by atomic mass is 10.2. The van der Waals surface area contributed by atoms with Gasteiger partial charge in [0.2, 0.25) is 0 Å². The van der Waals surface area contributed by atoms with E-state index in [2.05, 4.69) is 15.7 Å². The van der Waals surface area contributed by atoms with Gasteiger partial charge in [0.1, 0.15) is 17.2 Å². The number of pyridine rings is 1. The number of hydrogen-bond donors (Lipinski definition) is 3. The molecule has 5 nitrogen and oxygen atoms in total. The molecular formula is C13H12F2N4O. The second-order valence-corrected chi connectivity index (χ2v) is 4.08. The van der Waals surface area contributed by atoms with Crippen LogP contribution in [-0.4, -0.2) is 10.9 Å². The third-order valence-electron chi connectivity index (χ3n) is 2.69. The third-order valence-corrected chi connectivity index (χ3v) is 2.69. The maximum Gasteiger partial charge on any atom is 0.274 e. The van der Waals surface area contributed by atoms with Gasteiger partial charge in [0.15, 0.2) is 5.82 Å². The predicted molar refractivity (Wildman–Crippen MR) is 71.1 cm³/mol. The number of halogens is 2. The smallest absolute Gasteiger partial charge is 0.274 e. The molecule has 7 heteroatoms. The zero-order valence-electron chi connectivity index (χ0n) is 10.6. The molecule has 0 aliphatic heterocycles. The van der Waals surface area contributed by atoms with Crippen molar-refractivity contribution in [3.8, 4) is 0 Å². The summed E-state index contributed by atoms with van der Waals surface area (Å²) in [4.78, 5) is 15.7. The average Bonchev–Trinajstić information content (AvgIpc) is 2.47. The summed E-state index contributed by atoms with van der Waals surface area (Å²) in [5.74, 6) is 2.80. The van der Waals surface area contributed by atoms with E-state index in [-0.39, 0.29) is 11.3 Å². The first-order valence-corrected chi connectivity index (χ1v) is 5.71. The van der Waals surface area contributed by atoms with Crippen molar-refractivity contribution in [1.82, 2.24) is 4.98 Å². The highest BCUT2D eigenvalue weighted by Gasteiger charge is 2.16. The summed E-state index contributed by atoms with van der Waals surface area (Å²) in [7, 11) is 0. The molecule has 0 unspecified atom stereocenters. The Morgan fingerprint density at radius 2 is 2.00 bits per heavy atom. The quantitative estimate of drug-likeness (QED) is 0.594. The molecule has 4 N–H and O–H groups in total. The standard InChI is InChI=1S/C13H12F2N4O/c1-7-2-4-9(14)12(11(7)15)18-13(20)10-5-3-8(19-16)6-17-10/h2-6,19H,16H2,1H3,(H,18,20). The first-order valence-electron chi connectivity index (χ1n) is 5.71. The molecule has 1 heterocycles. The van der Waals surface area contributed by atoms with Gasteiger partial charge in [-0.05, 0) is 30.7 Å². The number of carbonyl (C=O) groups excluding carboxylic acids is 1. The highest BCUT2D eigenvalue weighted by atomic mass is 19.1. The SMILES string of the molecule is Cc1ccc(F)c(NC(=O)c2ccc(NN)cn2)c1F. The minimum Gasteiger partial charge on any atom is -0.323 e. The van der Waals surface area contributed by atoms with E-state index in [0.717, 1.165) is 6.07 Å². The van der Waals surface area contributed by atoms with E-state index in [0.29, 0.717) is 5.69 Å². The Kier molecular flexibility index (Phi) is 3.90. The molecule has 0 spiro atoms. The maximum absolute atomic E-state index is 13.8. The van der Waals surface area contributed by atoms with Gasteiger partial charge in [0, 0.05) is 0 Å². The summed E-state index contributed by atoms with van der Waals surface area (Å²) >= 11 is 0. The van der Waals surface area contributed by atoms with Crippen molar-refractivity contribution in [1.29, 1.82) is 0 Å². The van der Waals surface area contributed by atoms with Crippen LogP contribution in [0.5, 0.6) is 0 Å². The fraction of sp³-hybridized carbons (Fsp3) is 0.0769. The average molecular weight is 278 g/mol. The molecule has 0 bridgehead atoms. The molecule has 0 radical (unpaired) electrons. The van der Waals surface area contributed by atoms with E-state index in [1.54, 1.807) is 0 Å². The van der Waals surface area contributed by atoms with Gasteiger partial charge in [-0.2, -0.15) is 0 Å². The zero-order valence-corrected chi connectivity index (χ0v) is 10.6. The highest BCUT2D eigenvalue weighted by molar-refractivity contribution is 6.03. The number of rotatable bonds is 3. The number of anilines is 2. The maximum atomic E-state index is 13.8. The summed E-state index contributed by atoms with van der Waals surface area (Å²) in [6.07, 6.45) is 1.33. The second kappa shape index (κ2) is 5.62. The fourth-order valence-corrected chi connectivity index (χ4v) is 1.56. The van der Waals surface area contributed by atoms with Crippen molar-refractivity contribution in [2.24, 2.45) is 5.84 Å². The van der Waals surface area contributed by atoms with E-state index in [1.165, 1.54) is 31.3 Å². The molecule has 2 rings (SSSR count). The molecule has 1 aromatic heterocycles. The number of aryl methyl sites for hydroxylation is 1. The summed E-state index contributed by atoms with van der Waals surface area (Å²) in [6.45, 7) is 1.48. The predicted octanol–water partition coefficient (Wildman–Crippen LogP) is 2.21. The fourth-order valence-electron chi connectivity index (χ4n) is 1.56. The summed E-state index contributed by atoms with van der Waals surface area (Å²) < 4.78 is 27.3.